The highest BCUT2D eigenvalue weighted by Crippen LogP contribution is 2.32. The number of carbonyl (C=O) groups is 1. The van der Waals surface area contributed by atoms with Gasteiger partial charge in [-0.1, -0.05) is 55.3 Å². The number of nitrogens with one attached hydrogen (secondary N) is 2. The number of hydrogen-bond donors (Lipinski definition) is 3. The molecular weight excluding hydrogens is 488 g/mol. The molecule has 4 N–H and O–H groups in total. The molecule has 0 radical (unpaired) electrons. The first-order valence-corrected chi connectivity index (χ1v) is 13.1. The molecule has 0 spiro atoms. The van der Waals surface area contributed by atoms with Gasteiger partial charge in [0.1, 0.15) is 24.0 Å². The Morgan fingerprint density at radius 1 is 0.974 bits per heavy atom. The summed E-state index contributed by atoms with van der Waals surface area (Å²) < 4.78 is 7.88. The number of nitrogens with two attached hydrogens (primary N) is 1. The zero-order valence-corrected chi connectivity index (χ0v) is 22.1. The zero-order chi connectivity index (χ0) is 27.2. The molecule has 0 unspecified atom stereocenters. The summed E-state index contributed by atoms with van der Waals surface area (Å²) in [6, 6.07) is 24.8. The lowest BCUT2D eigenvalue weighted by molar-refractivity contribution is 0.262. The standard InChI is InChI=1S/C31H32N6O2/c1-3-4-7-23-19-30(37(36-23)24-12-10-21(2)11-13-24)35-31(38)34-27-14-15-28(26-9-6-5-8-25(26)27)39-20-22-16-17-33-29(32)18-22/h5-6,8-19H,3-4,7,20H2,1-2H3,(H2,32,33)(H2,34,35,38). The summed E-state index contributed by atoms with van der Waals surface area (Å²) in [5.41, 5.74) is 10.4. The Morgan fingerprint density at radius 2 is 1.77 bits per heavy atom. The predicted molar refractivity (Wildman–Crippen MR) is 156 cm³/mol. The van der Waals surface area contributed by atoms with Crippen molar-refractivity contribution in [3.8, 4) is 11.4 Å². The van der Waals surface area contributed by atoms with Gasteiger partial charge in [-0.2, -0.15) is 5.10 Å². The average Bonchev–Trinajstić information content (AvgIpc) is 3.34. The largest absolute Gasteiger partial charge is 0.488 e. The van der Waals surface area contributed by atoms with Crippen LogP contribution in [0.4, 0.5) is 22.1 Å². The first kappa shape index (κ1) is 25.8. The molecule has 2 heterocycles. The number of unbranched alkanes of at least 4 members (excludes halogenated alkanes) is 1. The molecule has 8 nitrogen and oxygen atoms in total. The normalized spacial score (nSPS) is 10.9. The fourth-order valence-corrected chi connectivity index (χ4v) is 4.40. The average molecular weight is 521 g/mol. The van der Waals surface area contributed by atoms with Crippen molar-refractivity contribution in [3.05, 3.63) is 102 Å². The second-order valence-electron chi connectivity index (χ2n) is 9.49. The highest BCUT2D eigenvalue weighted by atomic mass is 16.5. The van der Waals surface area contributed by atoms with E-state index in [0.29, 0.717) is 29.7 Å². The smallest absolute Gasteiger partial charge is 0.324 e. The van der Waals surface area contributed by atoms with Crippen LogP contribution in [0.25, 0.3) is 16.5 Å². The summed E-state index contributed by atoms with van der Waals surface area (Å²) in [4.78, 5) is 17.2. The third-order valence-electron chi connectivity index (χ3n) is 6.44. The monoisotopic (exact) mass is 520 g/mol. The topological polar surface area (TPSA) is 107 Å². The number of fused-ring (bicyclic) bond motifs is 1. The Morgan fingerprint density at radius 3 is 2.54 bits per heavy atom. The van der Waals surface area contributed by atoms with Gasteiger partial charge in [0, 0.05) is 23.0 Å². The second-order valence-corrected chi connectivity index (χ2v) is 9.49. The number of rotatable bonds is 9. The van der Waals surface area contributed by atoms with E-state index >= 15 is 0 Å². The Labute approximate surface area is 227 Å². The van der Waals surface area contributed by atoms with Gasteiger partial charge in [0.05, 0.1) is 17.1 Å². The van der Waals surface area contributed by atoms with E-state index < -0.39 is 0 Å². The first-order chi connectivity index (χ1) is 19.0. The molecule has 0 saturated carbocycles. The van der Waals surface area contributed by atoms with Gasteiger partial charge in [-0.3, -0.25) is 5.32 Å². The van der Waals surface area contributed by atoms with E-state index in [1.165, 1.54) is 0 Å². The number of nitrogens with zero attached hydrogens (tertiary/aromatic N) is 3. The number of pyridine rings is 1. The molecule has 5 aromatic rings. The summed E-state index contributed by atoms with van der Waals surface area (Å²) in [6.45, 7) is 4.55. The van der Waals surface area contributed by atoms with Gasteiger partial charge in [0.15, 0.2) is 0 Å². The Kier molecular flexibility index (Phi) is 7.73. The number of amides is 2. The van der Waals surface area contributed by atoms with Crippen molar-refractivity contribution in [2.45, 2.75) is 39.7 Å². The van der Waals surface area contributed by atoms with Gasteiger partial charge in [-0.05, 0) is 61.7 Å². The van der Waals surface area contributed by atoms with E-state index in [-0.39, 0.29) is 6.03 Å². The Hall–Kier alpha value is -4.85. The van der Waals surface area contributed by atoms with Crippen molar-refractivity contribution in [1.82, 2.24) is 14.8 Å². The van der Waals surface area contributed by atoms with Gasteiger partial charge in [-0.25, -0.2) is 14.5 Å². The minimum absolute atomic E-state index is 0.351. The molecule has 0 aliphatic heterocycles. The number of nitrogen functional groups attached to an aromatic ring is 1. The van der Waals surface area contributed by atoms with E-state index in [1.807, 2.05) is 79.7 Å². The quantitative estimate of drug-likeness (QED) is 0.196. The number of hydrogen-bond acceptors (Lipinski definition) is 5. The van der Waals surface area contributed by atoms with Crippen molar-refractivity contribution in [2.75, 3.05) is 16.4 Å². The first-order valence-electron chi connectivity index (χ1n) is 13.1. The fourth-order valence-electron chi connectivity index (χ4n) is 4.40. The van der Waals surface area contributed by atoms with Crippen molar-refractivity contribution in [1.29, 1.82) is 0 Å². The van der Waals surface area contributed by atoms with Crippen molar-refractivity contribution >= 4 is 34.1 Å². The molecule has 2 aromatic heterocycles. The molecule has 0 atom stereocenters. The SMILES string of the molecule is CCCCc1cc(NC(=O)Nc2ccc(OCc3ccnc(N)c3)c3ccccc23)n(-c2ccc(C)cc2)n1. The van der Waals surface area contributed by atoms with Crippen LogP contribution in [0.5, 0.6) is 5.75 Å². The molecule has 39 heavy (non-hydrogen) atoms. The Bertz CT molecular complexity index is 1590. The van der Waals surface area contributed by atoms with Gasteiger partial charge < -0.3 is 15.8 Å². The van der Waals surface area contributed by atoms with E-state index in [4.69, 9.17) is 15.6 Å². The van der Waals surface area contributed by atoms with Crippen molar-refractivity contribution in [2.24, 2.45) is 0 Å². The van der Waals surface area contributed by atoms with Crippen molar-refractivity contribution < 1.29 is 9.53 Å². The maximum atomic E-state index is 13.2. The number of ether oxygens (including phenoxy) is 1. The molecule has 3 aromatic carbocycles. The third-order valence-corrected chi connectivity index (χ3v) is 6.44. The van der Waals surface area contributed by atoms with Crippen molar-refractivity contribution in [3.63, 3.8) is 0 Å². The number of benzene rings is 3. The summed E-state index contributed by atoms with van der Waals surface area (Å²) in [5, 5.41) is 12.5. The predicted octanol–water partition coefficient (Wildman–Crippen LogP) is 6.88. The minimum atomic E-state index is -0.351. The Balaban J connectivity index is 1.36. The molecule has 8 heteroatoms. The highest BCUT2D eigenvalue weighted by Gasteiger charge is 2.15. The number of carbonyl (C=O) groups excluding carboxylic acids is 1. The lowest BCUT2D eigenvalue weighted by Gasteiger charge is -2.14. The van der Waals surface area contributed by atoms with Gasteiger partial charge in [-0.15, -0.1) is 0 Å². The van der Waals surface area contributed by atoms with Gasteiger partial charge >= 0.3 is 6.03 Å². The molecule has 0 bridgehead atoms. The van der Waals surface area contributed by atoms with E-state index in [1.54, 1.807) is 16.9 Å². The number of aryl methyl sites for hydroxylation is 2. The summed E-state index contributed by atoms with van der Waals surface area (Å²) in [5.74, 6) is 1.78. The van der Waals surface area contributed by atoms with Crippen LogP contribution >= 0.6 is 0 Å². The van der Waals surface area contributed by atoms with Gasteiger partial charge in [0.2, 0.25) is 0 Å². The second kappa shape index (κ2) is 11.7. The third kappa shape index (κ3) is 6.18. The molecule has 5 rings (SSSR count). The molecule has 0 saturated heterocycles. The lowest BCUT2D eigenvalue weighted by atomic mass is 10.1. The zero-order valence-electron chi connectivity index (χ0n) is 22.1. The molecule has 0 aliphatic rings. The number of aromatic nitrogens is 3. The van der Waals surface area contributed by atoms with E-state index in [2.05, 4.69) is 22.5 Å². The number of anilines is 3. The maximum Gasteiger partial charge on any atom is 0.324 e. The van der Waals surface area contributed by atoms with Gasteiger partial charge in [0.25, 0.3) is 0 Å². The maximum absolute atomic E-state index is 13.2. The van der Waals surface area contributed by atoms with Crippen LogP contribution in [0.3, 0.4) is 0 Å². The molecule has 0 fully saturated rings. The molecule has 2 amide bonds. The fraction of sp³-hybridized carbons (Fsp3) is 0.194. The van der Waals surface area contributed by atoms with Crippen LogP contribution in [0.1, 0.15) is 36.6 Å². The van der Waals surface area contributed by atoms with Crippen LogP contribution in [-0.4, -0.2) is 20.8 Å². The summed E-state index contributed by atoms with van der Waals surface area (Å²) in [6.07, 6.45) is 4.62. The summed E-state index contributed by atoms with van der Waals surface area (Å²) >= 11 is 0. The molecule has 198 valence electrons. The van der Waals surface area contributed by atoms with Crippen LogP contribution in [0, 0.1) is 6.92 Å². The summed E-state index contributed by atoms with van der Waals surface area (Å²) in [7, 11) is 0. The van der Waals surface area contributed by atoms with Crippen LogP contribution in [0.2, 0.25) is 0 Å². The number of urea groups is 1. The lowest BCUT2D eigenvalue weighted by Crippen LogP contribution is -2.21. The van der Waals surface area contributed by atoms with E-state index in [9.17, 15) is 4.79 Å². The van der Waals surface area contributed by atoms with E-state index in [0.717, 1.165) is 52.5 Å². The molecule has 0 aliphatic carbocycles. The molecular formula is C31H32N6O2. The highest BCUT2D eigenvalue weighted by molar-refractivity contribution is 6.07. The van der Waals surface area contributed by atoms with Crippen LogP contribution in [-0.2, 0) is 13.0 Å². The minimum Gasteiger partial charge on any atom is -0.488 e. The van der Waals surface area contributed by atoms with Crippen LogP contribution in [0.15, 0.2) is 85.1 Å². The van der Waals surface area contributed by atoms with Crippen LogP contribution < -0.4 is 21.1 Å².